The predicted molar refractivity (Wildman–Crippen MR) is 123 cm³/mol. The van der Waals surface area contributed by atoms with Crippen LogP contribution < -0.4 is 4.74 Å². The molecule has 0 saturated heterocycles. The Morgan fingerprint density at radius 1 is 1.20 bits per heavy atom. The Balaban J connectivity index is 1.88. The number of benzene rings is 2. The van der Waals surface area contributed by atoms with Crippen molar-refractivity contribution < 1.29 is 19.8 Å². The van der Waals surface area contributed by atoms with Gasteiger partial charge < -0.3 is 15.1 Å². The maximum Gasteiger partial charge on any atom is 0.307 e. The normalized spacial score (nSPS) is 11.5. The number of carboxylic acid groups (broad SMARTS) is 1. The molecule has 5 nitrogen and oxygen atoms in total. The topological polar surface area (TPSA) is 79.1 Å². The molecule has 0 aliphatic carbocycles. The molecule has 2 N–H and O–H groups in total. The van der Waals surface area contributed by atoms with Crippen molar-refractivity contribution in [2.45, 2.75) is 50.8 Å². The first kappa shape index (κ1) is 24.1. The molecule has 0 aliphatic rings. The van der Waals surface area contributed by atoms with E-state index in [1.54, 1.807) is 23.9 Å². The van der Waals surface area contributed by atoms with Crippen LogP contribution in [0.15, 0.2) is 46.4 Å². The molecule has 0 saturated carbocycles. The fourth-order valence-corrected chi connectivity index (χ4v) is 4.28. The number of thioether (sulfide) groups is 1. The Labute approximate surface area is 187 Å². The van der Waals surface area contributed by atoms with Crippen molar-refractivity contribution >= 4 is 35.0 Å². The first-order valence-electron chi connectivity index (χ1n) is 10.1. The SMILES string of the molecule is CCCc1cc(C(CC)=NO)ccc1OCCCSc1ccc(CC(=O)O)cc1Cl. The molecule has 0 aliphatic heterocycles. The third-order valence-corrected chi connectivity index (χ3v) is 6.11. The lowest BCUT2D eigenvalue weighted by Gasteiger charge is -2.13. The van der Waals surface area contributed by atoms with E-state index < -0.39 is 5.97 Å². The highest BCUT2D eigenvalue weighted by Crippen LogP contribution is 2.29. The average Bonchev–Trinajstić information content (AvgIpc) is 2.71. The van der Waals surface area contributed by atoms with Gasteiger partial charge in [0.05, 0.1) is 23.8 Å². The van der Waals surface area contributed by atoms with Crippen molar-refractivity contribution in [1.29, 1.82) is 0 Å². The summed E-state index contributed by atoms with van der Waals surface area (Å²) < 4.78 is 6.01. The van der Waals surface area contributed by atoms with Gasteiger partial charge >= 0.3 is 5.97 Å². The van der Waals surface area contributed by atoms with E-state index in [1.807, 2.05) is 31.2 Å². The van der Waals surface area contributed by atoms with Crippen LogP contribution in [0.4, 0.5) is 0 Å². The Morgan fingerprint density at radius 3 is 2.63 bits per heavy atom. The largest absolute Gasteiger partial charge is 0.493 e. The fraction of sp³-hybridized carbons (Fsp3) is 0.391. The van der Waals surface area contributed by atoms with E-state index in [4.69, 9.17) is 26.7 Å². The molecule has 162 valence electrons. The number of hydrogen-bond donors (Lipinski definition) is 2. The van der Waals surface area contributed by atoms with E-state index in [-0.39, 0.29) is 6.42 Å². The number of aliphatic carboxylic acids is 1. The summed E-state index contributed by atoms with van der Waals surface area (Å²) in [5.74, 6) is 0.847. The number of carboxylic acids is 1. The maximum absolute atomic E-state index is 10.8. The molecule has 0 unspecified atom stereocenters. The van der Waals surface area contributed by atoms with Crippen LogP contribution in [0, 0.1) is 0 Å². The molecule has 0 amide bonds. The molecule has 0 heterocycles. The van der Waals surface area contributed by atoms with Gasteiger partial charge in [-0.25, -0.2) is 0 Å². The van der Waals surface area contributed by atoms with Gasteiger partial charge in [-0.3, -0.25) is 4.79 Å². The van der Waals surface area contributed by atoms with Crippen molar-refractivity contribution in [3.05, 3.63) is 58.1 Å². The number of rotatable bonds is 12. The molecule has 0 aromatic heterocycles. The highest BCUT2D eigenvalue weighted by atomic mass is 35.5. The number of oxime groups is 1. The highest BCUT2D eigenvalue weighted by Gasteiger charge is 2.09. The summed E-state index contributed by atoms with van der Waals surface area (Å²) in [5.41, 5.74) is 3.41. The van der Waals surface area contributed by atoms with Gasteiger partial charge in [0.15, 0.2) is 0 Å². The molecule has 0 bridgehead atoms. The van der Waals surface area contributed by atoms with Crippen molar-refractivity contribution in [2.24, 2.45) is 5.16 Å². The Kier molecular flexibility index (Phi) is 10.0. The summed E-state index contributed by atoms with van der Waals surface area (Å²) in [6, 6.07) is 11.3. The van der Waals surface area contributed by atoms with Gasteiger partial charge in [-0.2, -0.15) is 0 Å². The second-order valence-corrected chi connectivity index (χ2v) is 8.40. The molecular weight excluding hydrogens is 422 g/mol. The monoisotopic (exact) mass is 449 g/mol. The summed E-state index contributed by atoms with van der Waals surface area (Å²) in [5, 5.41) is 22.0. The van der Waals surface area contributed by atoms with Gasteiger partial charge in [0.2, 0.25) is 0 Å². The van der Waals surface area contributed by atoms with Crippen molar-refractivity contribution in [3.8, 4) is 5.75 Å². The molecule has 0 fully saturated rings. The van der Waals surface area contributed by atoms with Crippen LogP contribution in [-0.4, -0.2) is 34.4 Å². The number of aryl methyl sites for hydroxylation is 1. The third kappa shape index (κ3) is 7.26. The zero-order chi connectivity index (χ0) is 21.9. The second kappa shape index (κ2) is 12.5. The Bertz CT molecular complexity index is 886. The minimum Gasteiger partial charge on any atom is -0.493 e. The zero-order valence-corrected chi connectivity index (χ0v) is 18.9. The lowest BCUT2D eigenvalue weighted by atomic mass is 10.0. The first-order chi connectivity index (χ1) is 14.5. The average molecular weight is 450 g/mol. The van der Waals surface area contributed by atoms with Crippen molar-refractivity contribution in [3.63, 3.8) is 0 Å². The van der Waals surface area contributed by atoms with Gasteiger partial charge in [-0.05, 0) is 66.3 Å². The highest BCUT2D eigenvalue weighted by molar-refractivity contribution is 7.99. The quantitative estimate of drug-likeness (QED) is 0.135. The standard InChI is InChI=1S/C23H28ClNO4S/c1-3-6-18-15-17(20(4-2)25-28)8-9-21(18)29-11-5-12-30-22-10-7-16(13-19(22)24)14-23(26)27/h7-10,13,15,28H,3-6,11-12,14H2,1-2H3,(H,26,27). The Morgan fingerprint density at radius 2 is 2.00 bits per heavy atom. The minimum absolute atomic E-state index is 0.0265. The second-order valence-electron chi connectivity index (χ2n) is 6.86. The smallest absolute Gasteiger partial charge is 0.307 e. The minimum atomic E-state index is -0.867. The lowest BCUT2D eigenvalue weighted by Crippen LogP contribution is -2.05. The molecule has 2 aromatic rings. The van der Waals surface area contributed by atoms with E-state index in [0.717, 1.165) is 46.8 Å². The first-order valence-corrected chi connectivity index (χ1v) is 11.4. The van der Waals surface area contributed by atoms with Crippen LogP contribution in [0.1, 0.15) is 49.8 Å². The molecule has 0 atom stereocenters. The van der Waals surface area contributed by atoms with E-state index in [9.17, 15) is 4.79 Å². The maximum atomic E-state index is 10.8. The van der Waals surface area contributed by atoms with Crippen LogP contribution in [0.25, 0.3) is 0 Å². The van der Waals surface area contributed by atoms with Crippen molar-refractivity contribution in [1.82, 2.24) is 0 Å². The number of hydrogen-bond acceptors (Lipinski definition) is 5. The van der Waals surface area contributed by atoms with E-state index >= 15 is 0 Å². The number of ether oxygens (including phenoxy) is 1. The van der Waals surface area contributed by atoms with E-state index in [2.05, 4.69) is 12.1 Å². The summed E-state index contributed by atoms with van der Waals surface area (Å²) in [6.07, 6.45) is 3.40. The Hall–Kier alpha value is -2.18. The molecule has 0 radical (unpaired) electrons. The predicted octanol–water partition coefficient (Wildman–Crippen LogP) is 6.07. The summed E-state index contributed by atoms with van der Waals surface area (Å²) >= 11 is 7.90. The summed E-state index contributed by atoms with van der Waals surface area (Å²) in [4.78, 5) is 11.7. The van der Waals surface area contributed by atoms with Crippen LogP contribution in [0.3, 0.4) is 0 Å². The van der Waals surface area contributed by atoms with Gasteiger partial charge in [-0.1, -0.05) is 43.1 Å². The number of carbonyl (C=O) groups is 1. The van der Waals surface area contributed by atoms with E-state index in [0.29, 0.717) is 29.3 Å². The van der Waals surface area contributed by atoms with Gasteiger partial charge in [0.25, 0.3) is 0 Å². The van der Waals surface area contributed by atoms with Crippen LogP contribution in [-0.2, 0) is 17.6 Å². The van der Waals surface area contributed by atoms with E-state index in [1.165, 1.54) is 0 Å². The van der Waals surface area contributed by atoms with Crippen LogP contribution >= 0.6 is 23.4 Å². The third-order valence-electron chi connectivity index (χ3n) is 4.52. The number of nitrogens with zero attached hydrogens (tertiary/aromatic N) is 1. The molecule has 0 spiro atoms. The zero-order valence-electron chi connectivity index (χ0n) is 17.4. The van der Waals surface area contributed by atoms with Gasteiger partial charge in [0.1, 0.15) is 5.75 Å². The van der Waals surface area contributed by atoms with Crippen molar-refractivity contribution in [2.75, 3.05) is 12.4 Å². The summed E-state index contributed by atoms with van der Waals surface area (Å²) in [7, 11) is 0. The van der Waals surface area contributed by atoms with Crippen LogP contribution in [0.2, 0.25) is 5.02 Å². The molecular formula is C23H28ClNO4S. The molecule has 2 aromatic carbocycles. The van der Waals surface area contributed by atoms with Gasteiger partial charge in [-0.15, -0.1) is 11.8 Å². The van der Waals surface area contributed by atoms with Gasteiger partial charge in [0, 0.05) is 10.6 Å². The molecule has 7 heteroatoms. The fourth-order valence-electron chi connectivity index (χ4n) is 3.07. The van der Waals surface area contributed by atoms with Crippen LogP contribution in [0.5, 0.6) is 5.75 Å². The molecule has 30 heavy (non-hydrogen) atoms. The number of halogens is 1. The summed E-state index contributed by atoms with van der Waals surface area (Å²) in [6.45, 7) is 4.68. The molecule has 2 rings (SSSR count). The lowest BCUT2D eigenvalue weighted by molar-refractivity contribution is -0.136.